The molecule has 2 bridgehead atoms. The summed E-state index contributed by atoms with van der Waals surface area (Å²) in [6.07, 6.45) is 2.63. The highest BCUT2D eigenvalue weighted by atomic mass is 16.6. The number of likely N-dealkylation sites (N-methyl/N-ethyl adjacent to an activating group) is 1. The van der Waals surface area contributed by atoms with Crippen LogP contribution in [0.4, 0.5) is 4.79 Å². The number of amides is 2. The van der Waals surface area contributed by atoms with Gasteiger partial charge < -0.3 is 40.6 Å². The summed E-state index contributed by atoms with van der Waals surface area (Å²) in [5, 5.41) is 17.4. The Hall–Kier alpha value is -4.36. The maximum absolute atomic E-state index is 14.5. The number of primary amides is 1. The van der Waals surface area contributed by atoms with Crippen LogP contribution >= 0.6 is 0 Å². The number of nitrogens with two attached hydrogens (primary N) is 1. The molecule has 6 atom stereocenters. The normalized spacial score (nSPS) is 28.8. The van der Waals surface area contributed by atoms with Gasteiger partial charge in [-0.3, -0.25) is 14.4 Å². The van der Waals surface area contributed by atoms with Crippen molar-refractivity contribution in [1.82, 2.24) is 15.5 Å². The average molecular weight is 693 g/mol. The first-order chi connectivity index (χ1) is 23.7. The quantitative estimate of drug-likeness (QED) is 0.234. The molecular weight excluding hydrogens is 640 g/mol. The smallest absolute Gasteiger partial charge is 0.405 e. The molecule has 0 saturated carbocycles. The van der Waals surface area contributed by atoms with Crippen molar-refractivity contribution in [2.45, 2.75) is 65.0 Å². The summed E-state index contributed by atoms with van der Waals surface area (Å²) in [6, 6.07) is 8.77. The van der Waals surface area contributed by atoms with E-state index in [1.807, 2.05) is 32.8 Å². The van der Waals surface area contributed by atoms with E-state index in [-0.39, 0.29) is 40.5 Å². The Morgan fingerprint density at radius 2 is 1.74 bits per heavy atom. The summed E-state index contributed by atoms with van der Waals surface area (Å²) in [5.41, 5.74) is 7.14. The second kappa shape index (κ2) is 18.6. The number of nitrogens with zero attached hydrogens (tertiary/aromatic N) is 1. The Kier molecular flexibility index (Phi) is 14.9. The first kappa shape index (κ1) is 40.1. The van der Waals surface area contributed by atoms with Crippen LogP contribution in [0.1, 0.15) is 46.1 Å². The number of carbonyl (C=O) groups excluding carboxylic acids is 4. The van der Waals surface area contributed by atoms with E-state index in [2.05, 4.69) is 10.6 Å². The number of aliphatic hydroxyl groups is 1. The van der Waals surface area contributed by atoms with Crippen LogP contribution in [0.25, 0.3) is 5.57 Å². The topological polar surface area (TPSA) is 170 Å². The first-order valence-electron chi connectivity index (χ1n) is 16.7. The molecule has 1 aliphatic carbocycles. The summed E-state index contributed by atoms with van der Waals surface area (Å²) in [4.78, 5) is 56.3. The minimum absolute atomic E-state index is 0.0911. The number of aliphatic hydroxyl groups excluding tert-OH is 1. The van der Waals surface area contributed by atoms with Gasteiger partial charge in [0.2, 0.25) is 11.6 Å². The van der Waals surface area contributed by atoms with Crippen LogP contribution in [0.5, 0.6) is 0 Å². The van der Waals surface area contributed by atoms with Crippen molar-refractivity contribution in [3.05, 3.63) is 88.3 Å². The van der Waals surface area contributed by atoms with E-state index in [9.17, 15) is 24.3 Å². The molecule has 12 nitrogen and oxygen atoms in total. The van der Waals surface area contributed by atoms with Crippen molar-refractivity contribution < 1.29 is 38.5 Å². The number of hydrogen-bond donors (Lipinski definition) is 4. The van der Waals surface area contributed by atoms with Crippen LogP contribution < -0.4 is 16.4 Å². The van der Waals surface area contributed by atoms with Crippen LogP contribution in [0.15, 0.2) is 82.7 Å². The Morgan fingerprint density at radius 1 is 1.06 bits per heavy atom. The molecule has 0 aromatic heterocycles. The third kappa shape index (κ3) is 10.3. The molecule has 0 fully saturated rings. The zero-order valence-electron chi connectivity index (χ0n) is 30.3. The fraction of sp³-hybridized carbons (Fsp3) is 0.474. The molecule has 2 aliphatic rings. The maximum atomic E-state index is 14.5. The van der Waals surface area contributed by atoms with E-state index in [0.29, 0.717) is 30.6 Å². The van der Waals surface area contributed by atoms with E-state index < -0.39 is 53.9 Å². The largest absolute Gasteiger partial charge is 0.439 e. The van der Waals surface area contributed by atoms with Gasteiger partial charge in [0.25, 0.3) is 5.91 Å². The first-order valence-corrected chi connectivity index (χ1v) is 16.7. The lowest BCUT2D eigenvalue weighted by molar-refractivity contribution is -0.120. The molecule has 272 valence electrons. The summed E-state index contributed by atoms with van der Waals surface area (Å²) < 4.78 is 16.8. The van der Waals surface area contributed by atoms with Gasteiger partial charge in [-0.15, -0.1) is 0 Å². The highest BCUT2D eigenvalue weighted by Crippen LogP contribution is 2.34. The molecule has 1 heterocycles. The van der Waals surface area contributed by atoms with Crippen LogP contribution in [-0.2, 0) is 28.6 Å². The third-order valence-electron chi connectivity index (χ3n) is 8.87. The van der Waals surface area contributed by atoms with Gasteiger partial charge in [0.1, 0.15) is 11.8 Å². The van der Waals surface area contributed by atoms with Gasteiger partial charge in [0.05, 0.1) is 23.5 Å². The number of allylic oxidation sites excluding steroid dienone is 4. The standard InChI is InChI=1S/C38H52N4O8/c1-22-19-27-31(40-17-18-42(5)6)35(45)30(26-14-10-9-11-15-26)32(34(27)44)41-37(46)23(2)13-12-16-28(48-7)36(50-38(39)47)25(4)21-24(3)33(43)29(20-22)49-8/h9-16,21-22,24,28-29,33,36,40,43H,17-20H2,1-8H3,(H2,39,47)(H,41,46)/b16-12-,23-13-,25-21-/t22-,24+,28+,29+,33-,36+/m1/s1. The molecule has 1 aromatic rings. The second-order valence-corrected chi connectivity index (χ2v) is 13.2. The van der Waals surface area contributed by atoms with Gasteiger partial charge in [0.15, 0.2) is 6.10 Å². The molecule has 1 aliphatic heterocycles. The number of fused-ring (bicyclic) bond motifs is 2. The molecule has 50 heavy (non-hydrogen) atoms. The highest BCUT2D eigenvalue weighted by Gasteiger charge is 2.38. The molecule has 1 aromatic carbocycles. The molecule has 3 rings (SSSR count). The van der Waals surface area contributed by atoms with E-state index in [1.165, 1.54) is 20.3 Å². The van der Waals surface area contributed by atoms with Crippen LogP contribution in [0.2, 0.25) is 0 Å². The Bertz CT molecular complexity index is 1560. The predicted molar refractivity (Wildman–Crippen MR) is 191 cm³/mol. The lowest BCUT2D eigenvalue weighted by Gasteiger charge is -2.30. The summed E-state index contributed by atoms with van der Waals surface area (Å²) >= 11 is 0. The van der Waals surface area contributed by atoms with E-state index in [1.54, 1.807) is 62.4 Å². The number of ether oxygens (including phenoxy) is 3. The summed E-state index contributed by atoms with van der Waals surface area (Å²) in [6.45, 7) is 8.07. The highest BCUT2D eigenvalue weighted by molar-refractivity contribution is 6.39. The minimum atomic E-state index is -1.00. The molecule has 12 heteroatoms. The Balaban J connectivity index is 2.23. The van der Waals surface area contributed by atoms with Crippen molar-refractivity contribution in [3.63, 3.8) is 0 Å². The lowest BCUT2D eigenvalue weighted by Crippen LogP contribution is -2.40. The van der Waals surface area contributed by atoms with Gasteiger partial charge >= 0.3 is 6.09 Å². The van der Waals surface area contributed by atoms with Crippen molar-refractivity contribution in [2.75, 3.05) is 41.4 Å². The van der Waals surface area contributed by atoms with Crippen molar-refractivity contribution in [1.29, 1.82) is 0 Å². The number of methoxy groups -OCH3 is 2. The number of ketones is 2. The van der Waals surface area contributed by atoms with E-state index >= 15 is 0 Å². The predicted octanol–water partition coefficient (Wildman–Crippen LogP) is 3.44. The van der Waals surface area contributed by atoms with Crippen LogP contribution in [0.3, 0.4) is 0 Å². The van der Waals surface area contributed by atoms with Crippen molar-refractivity contribution in [2.24, 2.45) is 17.6 Å². The summed E-state index contributed by atoms with van der Waals surface area (Å²) in [5.74, 6) is -2.15. The fourth-order valence-corrected chi connectivity index (χ4v) is 6.13. The molecule has 0 spiro atoms. The SMILES string of the molecule is CO[C@H]1/C=C\C=C(\C)C(=O)NC2=C(c3ccccc3)C(=O)C(NCCN(C)C)=C(C[C@@H](C)C[C@H](OC)[C@H](O)[C@@H](C)/C=C(/C)[C@@H]1OC(N)=O)C2=O. The number of hydrogen-bond acceptors (Lipinski definition) is 10. The molecule has 0 saturated heterocycles. The van der Waals surface area contributed by atoms with Crippen LogP contribution in [0, 0.1) is 11.8 Å². The average Bonchev–Trinajstić information content (AvgIpc) is 3.07. The summed E-state index contributed by atoms with van der Waals surface area (Å²) in [7, 11) is 6.77. The van der Waals surface area contributed by atoms with Gasteiger partial charge in [-0.1, -0.05) is 68.5 Å². The molecule has 2 amide bonds. The number of carbonyl (C=O) groups is 4. The number of Topliss-reactive ketones (excluding diaryl/α,β-unsaturated/α-hetero) is 2. The second-order valence-electron chi connectivity index (χ2n) is 13.2. The van der Waals surface area contributed by atoms with Crippen molar-refractivity contribution >= 4 is 29.1 Å². The number of nitrogens with one attached hydrogen (secondary N) is 2. The zero-order chi connectivity index (χ0) is 37.1. The zero-order valence-corrected chi connectivity index (χ0v) is 30.3. The minimum Gasteiger partial charge on any atom is -0.439 e. The fourth-order valence-electron chi connectivity index (χ4n) is 6.13. The Morgan fingerprint density at radius 3 is 2.34 bits per heavy atom. The molecular formula is C38H52N4O8. The number of rotatable bonds is 8. The van der Waals surface area contributed by atoms with Gasteiger partial charge in [-0.2, -0.15) is 0 Å². The van der Waals surface area contributed by atoms with Gasteiger partial charge in [-0.05, 0) is 57.8 Å². The van der Waals surface area contributed by atoms with Gasteiger partial charge in [-0.25, -0.2) is 4.79 Å². The van der Waals surface area contributed by atoms with Crippen molar-refractivity contribution in [3.8, 4) is 0 Å². The van der Waals surface area contributed by atoms with E-state index in [4.69, 9.17) is 19.9 Å². The number of benzene rings is 1. The van der Waals surface area contributed by atoms with Crippen LogP contribution in [-0.4, -0.2) is 99.4 Å². The molecule has 0 radical (unpaired) electrons. The molecule has 5 N–H and O–H groups in total. The monoisotopic (exact) mass is 692 g/mol. The third-order valence-corrected chi connectivity index (χ3v) is 8.87. The lowest BCUT2D eigenvalue weighted by atomic mass is 9.81. The van der Waals surface area contributed by atoms with Gasteiger partial charge in [0, 0.05) is 44.4 Å². The molecule has 0 unspecified atom stereocenters. The maximum Gasteiger partial charge on any atom is 0.405 e. The Labute approximate surface area is 295 Å². The van der Waals surface area contributed by atoms with E-state index in [0.717, 1.165) is 0 Å².